The normalized spacial score (nSPS) is 10.6. The number of esters is 1. The van der Waals surface area contributed by atoms with Gasteiger partial charge in [-0.3, -0.25) is 0 Å². The van der Waals surface area contributed by atoms with Crippen molar-refractivity contribution in [2.24, 2.45) is 5.11 Å². The van der Waals surface area contributed by atoms with Crippen LogP contribution < -0.4 is 0 Å². The van der Waals surface area contributed by atoms with Gasteiger partial charge >= 0.3 is 5.97 Å². The molecular weight excluding hydrogens is 336 g/mol. The fourth-order valence-corrected chi connectivity index (χ4v) is 3.12. The predicted molar refractivity (Wildman–Crippen MR) is 96.3 cm³/mol. The van der Waals surface area contributed by atoms with Crippen LogP contribution in [0.5, 0.6) is 0 Å². The predicted octanol–water partition coefficient (Wildman–Crippen LogP) is 4.76. The molecule has 1 N–H and O–H groups in total. The molecule has 0 radical (unpaired) electrons. The maximum atomic E-state index is 11.9. The second kappa shape index (κ2) is 7.85. The Kier molecular flexibility index (Phi) is 5.35. The molecule has 2 aromatic carbocycles. The lowest BCUT2D eigenvalue weighted by atomic mass is 10.1. The van der Waals surface area contributed by atoms with E-state index in [-0.39, 0.29) is 18.1 Å². The van der Waals surface area contributed by atoms with Crippen LogP contribution in [0, 0.1) is 5.53 Å². The SMILES string of the molecule is CCOC(=O)c1cc(N=N)nc(SCc2ccc3ccccc3c2)n1. The highest BCUT2D eigenvalue weighted by atomic mass is 32.2. The number of ether oxygens (including phenoxy) is 1. The number of thioether (sulfide) groups is 1. The summed E-state index contributed by atoms with van der Waals surface area (Å²) in [6, 6.07) is 15.8. The molecule has 126 valence electrons. The third kappa shape index (κ3) is 4.19. The molecule has 3 rings (SSSR count). The molecule has 0 spiro atoms. The summed E-state index contributed by atoms with van der Waals surface area (Å²) < 4.78 is 4.95. The number of benzene rings is 2. The number of fused-ring (bicyclic) bond motifs is 1. The molecule has 0 aliphatic carbocycles. The van der Waals surface area contributed by atoms with Gasteiger partial charge < -0.3 is 4.74 Å². The summed E-state index contributed by atoms with van der Waals surface area (Å²) >= 11 is 1.39. The van der Waals surface area contributed by atoms with Crippen molar-refractivity contribution >= 4 is 34.3 Å². The fourth-order valence-electron chi connectivity index (χ4n) is 2.32. The lowest BCUT2D eigenvalue weighted by Gasteiger charge is -2.06. The molecule has 25 heavy (non-hydrogen) atoms. The van der Waals surface area contributed by atoms with E-state index in [1.165, 1.54) is 28.6 Å². The van der Waals surface area contributed by atoms with Crippen molar-refractivity contribution in [3.05, 3.63) is 59.8 Å². The van der Waals surface area contributed by atoms with E-state index in [0.717, 1.165) is 5.56 Å². The van der Waals surface area contributed by atoms with Gasteiger partial charge in [-0.15, -0.1) is 5.11 Å². The molecule has 1 aromatic heterocycles. The molecule has 7 heteroatoms. The topological polar surface area (TPSA) is 88.3 Å². The average Bonchev–Trinajstić information content (AvgIpc) is 2.66. The number of carbonyl (C=O) groups excluding carboxylic acids is 1. The third-order valence-corrected chi connectivity index (χ3v) is 4.39. The second-order valence-electron chi connectivity index (χ2n) is 5.20. The van der Waals surface area contributed by atoms with Crippen molar-refractivity contribution in [2.45, 2.75) is 17.8 Å². The Labute approximate surface area is 149 Å². The summed E-state index contributed by atoms with van der Waals surface area (Å²) in [7, 11) is 0. The summed E-state index contributed by atoms with van der Waals surface area (Å²) in [6.45, 7) is 1.99. The van der Waals surface area contributed by atoms with Gasteiger partial charge in [0, 0.05) is 11.8 Å². The van der Waals surface area contributed by atoms with Crippen molar-refractivity contribution in [3.8, 4) is 0 Å². The summed E-state index contributed by atoms with van der Waals surface area (Å²) in [4.78, 5) is 20.2. The van der Waals surface area contributed by atoms with E-state index in [4.69, 9.17) is 10.3 Å². The zero-order chi connectivity index (χ0) is 17.6. The number of aromatic nitrogens is 2. The molecule has 0 aliphatic heterocycles. The second-order valence-corrected chi connectivity index (χ2v) is 6.14. The van der Waals surface area contributed by atoms with Gasteiger partial charge in [-0.1, -0.05) is 54.2 Å². The van der Waals surface area contributed by atoms with Crippen LogP contribution >= 0.6 is 11.8 Å². The van der Waals surface area contributed by atoms with Gasteiger partial charge in [0.1, 0.15) is 0 Å². The maximum absolute atomic E-state index is 11.9. The Morgan fingerprint density at radius 1 is 1.16 bits per heavy atom. The lowest BCUT2D eigenvalue weighted by Crippen LogP contribution is -2.08. The van der Waals surface area contributed by atoms with Crippen LogP contribution in [0.4, 0.5) is 5.82 Å². The van der Waals surface area contributed by atoms with Crippen LogP contribution in [-0.4, -0.2) is 22.5 Å². The number of hydrogen-bond acceptors (Lipinski definition) is 7. The molecule has 0 unspecified atom stereocenters. The highest BCUT2D eigenvalue weighted by Crippen LogP contribution is 2.24. The highest BCUT2D eigenvalue weighted by molar-refractivity contribution is 7.98. The van der Waals surface area contributed by atoms with Gasteiger partial charge in [0.25, 0.3) is 0 Å². The van der Waals surface area contributed by atoms with Crippen LogP contribution in [0.25, 0.3) is 10.8 Å². The fraction of sp³-hybridized carbons (Fsp3) is 0.167. The molecule has 0 saturated carbocycles. The standard InChI is InChI=1S/C18H16N4O2S/c1-2-24-17(23)15-10-16(22-19)21-18(20-15)25-11-12-7-8-13-5-3-4-6-14(13)9-12/h3-10,19H,2,11H2,1H3. The van der Waals surface area contributed by atoms with Gasteiger partial charge in [0.15, 0.2) is 16.7 Å². The van der Waals surface area contributed by atoms with Crippen LogP contribution in [0.1, 0.15) is 23.0 Å². The first-order chi connectivity index (χ1) is 12.2. The molecule has 0 bridgehead atoms. The molecule has 0 saturated heterocycles. The van der Waals surface area contributed by atoms with Crippen LogP contribution in [-0.2, 0) is 10.5 Å². The van der Waals surface area contributed by atoms with Crippen molar-refractivity contribution in [1.82, 2.24) is 9.97 Å². The molecule has 0 amide bonds. The highest BCUT2D eigenvalue weighted by Gasteiger charge is 2.13. The number of carbonyl (C=O) groups is 1. The van der Waals surface area contributed by atoms with E-state index in [0.29, 0.717) is 10.9 Å². The van der Waals surface area contributed by atoms with Crippen molar-refractivity contribution in [1.29, 1.82) is 5.53 Å². The maximum Gasteiger partial charge on any atom is 0.357 e. The monoisotopic (exact) mass is 352 g/mol. The van der Waals surface area contributed by atoms with Crippen LogP contribution in [0.15, 0.2) is 58.8 Å². The quantitative estimate of drug-likeness (QED) is 0.299. The Morgan fingerprint density at radius 2 is 1.96 bits per heavy atom. The molecule has 3 aromatic rings. The largest absolute Gasteiger partial charge is 0.461 e. The van der Waals surface area contributed by atoms with Gasteiger partial charge in [-0.25, -0.2) is 20.3 Å². The molecule has 1 heterocycles. The zero-order valence-corrected chi connectivity index (χ0v) is 14.4. The number of nitrogens with zero attached hydrogens (tertiary/aromatic N) is 3. The molecular formula is C18H16N4O2S. The number of rotatable bonds is 6. The summed E-state index contributed by atoms with van der Waals surface area (Å²) in [6.07, 6.45) is 0. The average molecular weight is 352 g/mol. The minimum absolute atomic E-state index is 0.115. The minimum atomic E-state index is -0.539. The zero-order valence-electron chi connectivity index (χ0n) is 13.6. The van der Waals surface area contributed by atoms with Crippen molar-refractivity contribution in [2.75, 3.05) is 6.61 Å². The first-order valence-corrected chi connectivity index (χ1v) is 8.72. The molecule has 0 atom stereocenters. The Balaban J connectivity index is 1.80. The van der Waals surface area contributed by atoms with E-state index >= 15 is 0 Å². The molecule has 0 fully saturated rings. The first kappa shape index (κ1) is 17.0. The van der Waals surface area contributed by atoms with E-state index in [1.807, 2.05) is 12.1 Å². The molecule has 6 nitrogen and oxygen atoms in total. The van der Waals surface area contributed by atoms with Gasteiger partial charge in [0.05, 0.1) is 6.61 Å². The number of hydrogen-bond donors (Lipinski definition) is 1. The van der Waals surface area contributed by atoms with Gasteiger partial charge in [0.2, 0.25) is 0 Å². The molecule has 0 aliphatic rings. The van der Waals surface area contributed by atoms with E-state index < -0.39 is 5.97 Å². The Bertz CT molecular complexity index is 930. The van der Waals surface area contributed by atoms with E-state index in [9.17, 15) is 4.79 Å². The van der Waals surface area contributed by atoms with Crippen LogP contribution in [0.3, 0.4) is 0 Å². The third-order valence-electron chi connectivity index (χ3n) is 3.47. The van der Waals surface area contributed by atoms with E-state index in [1.54, 1.807) is 6.92 Å². The van der Waals surface area contributed by atoms with Crippen molar-refractivity contribution < 1.29 is 9.53 Å². The summed E-state index contributed by atoms with van der Waals surface area (Å²) in [5.41, 5.74) is 8.38. The number of nitrogens with one attached hydrogen (secondary N) is 1. The smallest absolute Gasteiger partial charge is 0.357 e. The van der Waals surface area contributed by atoms with Gasteiger partial charge in [-0.05, 0) is 23.3 Å². The Hall–Kier alpha value is -2.80. The van der Waals surface area contributed by atoms with Crippen LogP contribution in [0.2, 0.25) is 0 Å². The first-order valence-electron chi connectivity index (χ1n) is 7.73. The van der Waals surface area contributed by atoms with Gasteiger partial charge in [-0.2, -0.15) is 0 Å². The minimum Gasteiger partial charge on any atom is -0.461 e. The lowest BCUT2D eigenvalue weighted by molar-refractivity contribution is 0.0518. The van der Waals surface area contributed by atoms with E-state index in [2.05, 4.69) is 45.4 Å². The Morgan fingerprint density at radius 3 is 2.72 bits per heavy atom. The van der Waals surface area contributed by atoms with Crippen molar-refractivity contribution in [3.63, 3.8) is 0 Å². The summed E-state index contributed by atoms with van der Waals surface area (Å²) in [5, 5.41) is 6.06. The summed E-state index contributed by atoms with van der Waals surface area (Å²) in [5.74, 6) is 0.246.